The standard InChI is InChI=1S/C13H19F2N/c1-4-9(2)5-13(16-3)10-6-11(14)8-12(15)7-10/h6-9,13,16H,4-5H2,1-3H3. The number of hydrogen-bond acceptors (Lipinski definition) is 1. The number of benzene rings is 1. The van der Waals surface area contributed by atoms with Crippen LogP contribution in [-0.4, -0.2) is 7.05 Å². The molecule has 0 saturated heterocycles. The van der Waals surface area contributed by atoms with Crippen LogP contribution >= 0.6 is 0 Å². The van der Waals surface area contributed by atoms with Crippen LogP contribution in [0.5, 0.6) is 0 Å². The number of hydrogen-bond donors (Lipinski definition) is 1. The van der Waals surface area contributed by atoms with Crippen LogP contribution in [0.2, 0.25) is 0 Å². The molecule has 0 fully saturated rings. The van der Waals surface area contributed by atoms with Gasteiger partial charge in [0.15, 0.2) is 0 Å². The summed E-state index contributed by atoms with van der Waals surface area (Å²) in [6.07, 6.45) is 1.95. The van der Waals surface area contributed by atoms with Crippen molar-refractivity contribution in [1.29, 1.82) is 0 Å². The molecule has 0 aliphatic heterocycles. The van der Waals surface area contributed by atoms with E-state index in [0.29, 0.717) is 11.5 Å². The smallest absolute Gasteiger partial charge is 0.126 e. The van der Waals surface area contributed by atoms with Gasteiger partial charge in [0.05, 0.1) is 0 Å². The zero-order valence-corrected chi connectivity index (χ0v) is 10.1. The molecule has 16 heavy (non-hydrogen) atoms. The van der Waals surface area contributed by atoms with Gasteiger partial charge in [-0.2, -0.15) is 0 Å². The van der Waals surface area contributed by atoms with Crippen LogP contribution < -0.4 is 5.32 Å². The fourth-order valence-corrected chi connectivity index (χ4v) is 1.77. The molecule has 1 nitrogen and oxygen atoms in total. The lowest BCUT2D eigenvalue weighted by molar-refractivity contribution is 0.419. The SMILES string of the molecule is CCC(C)CC(NC)c1cc(F)cc(F)c1. The van der Waals surface area contributed by atoms with Gasteiger partial charge in [0, 0.05) is 12.1 Å². The Hall–Kier alpha value is -0.960. The van der Waals surface area contributed by atoms with Crippen molar-refractivity contribution in [1.82, 2.24) is 5.32 Å². The molecule has 0 aromatic heterocycles. The van der Waals surface area contributed by atoms with Gasteiger partial charge < -0.3 is 5.32 Å². The van der Waals surface area contributed by atoms with Gasteiger partial charge in [-0.05, 0) is 37.1 Å². The van der Waals surface area contributed by atoms with Gasteiger partial charge in [0.25, 0.3) is 0 Å². The van der Waals surface area contributed by atoms with E-state index in [0.717, 1.165) is 18.9 Å². The fourth-order valence-electron chi connectivity index (χ4n) is 1.77. The van der Waals surface area contributed by atoms with Gasteiger partial charge >= 0.3 is 0 Å². The minimum absolute atomic E-state index is 0.0140. The Labute approximate surface area is 95.9 Å². The predicted molar refractivity (Wildman–Crippen MR) is 62.2 cm³/mol. The van der Waals surface area contributed by atoms with E-state index < -0.39 is 11.6 Å². The van der Waals surface area contributed by atoms with Gasteiger partial charge in [-0.3, -0.25) is 0 Å². The highest BCUT2D eigenvalue weighted by atomic mass is 19.1. The third-order valence-electron chi connectivity index (χ3n) is 2.97. The second kappa shape index (κ2) is 5.94. The third kappa shape index (κ3) is 3.56. The normalized spacial score (nSPS) is 14.8. The van der Waals surface area contributed by atoms with Crippen LogP contribution in [0, 0.1) is 17.6 Å². The Morgan fingerprint density at radius 1 is 1.19 bits per heavy atom. The molecule has 0 aliphatic carbocycles. The summed E-state index contributed by atoms with van der Waals surface area (Å²) in [6, 6.07) is 3.71. The topological polar surface area (TPSA) is 12.0 Å². The summed E-state index contributed by atoms with van der Waals surface area (Å²) in [5, 5.41) is 3.10. The molecule has 3 heteroatoms. The molecule has 2 unspecified atom stereocenters. The van der Waals surface area contributed by atoms with Crippen molar-refractivity contribution in [3.63, 3.8) is 0 Å². The Kier molecular flexibility index (Phi) is 4.87. The molecule has 1 aromatic carbocycles. The highest BCUT2D eigenvalue weighted by molar-refractivity contribution is 5.21. The minimum atomic E-state index is -0.514. The lowest BCUT2D eigenvalue weighted by Gasteiger charge is -2.20. The maximum Gasteiger partial charge on any atom is 0.126 e. The van der Waals surface area contributed by atoms with Crippen molar-refractivity contribution in [3.8, 4) is 0 Å². The Morgan fingerprint density at radius 3 is 2.19 bits per heavy atom. The van der Waals surface area contributed by atoms with Gasteiger partial charge in [0.1, 0.15) is 11.6 Å². The van der Waals surface area contributed by atoms with Crippen molar-refractivity contribution >= 4 is 0 Å². The molecule has 1 rings (SSSR count). The third-order valence-corrected chi connectivity index (χ3v) is 2.97. The highest BCUT2D eigenvalue weighted by Crippen LogP contribution is 2.24. The average molecular weight is 227 g/mol. The van der Waals surface area contributed by atoms with Crippen molar-refractivity contribution in [2.45, 2.75) is 32.7 Å². The van der Waals surface area contributed by atoms with Gasteiger partial charge in [-0.1, -0.05) is 20.3 Å². The lowest BCUT2D eigenvalue weighted by Crippen LogP contribution is -2.19. The molecule has 0 amide bonds. The highest BCUT2D eigenvalue weighted by Gasteiger charge is 2.14. The Balaban J connectivity index is 2.86. The van der Waals surface area contributed by atoms with Crippen LogP contribution in [-0.2, 0) is 0 Å². The monoisotopic (exact) mass is 227 g/mol. The molecule has 1 N–H and O–H groups in total. The average Bonchev–Trinajstić information content (AvgIpc) is 2.24. The Bertz CT molecular complexity index is 318. The summed E-state index contributed by atoms with van der Waals surface area (Å²) in [6.45, 7) is 4.25. The first-order valence-corrected chi connectivity index (χ1v) is 5.70. The van der Waals surface area contributed by atoms with E-state index in [1.165, 1.54) is 12.1 Å². The zero-order chi connectivity index (χ0) is 12.1. The van der Waals surface area contributed by atoms with Crippen molar-refractivity contribution in [2.75, 3.05) is 7.05 Å². The van der Waals surface area contributed by atoms with Crippen LogP contribution in [0.4, 0.5) is 8.78 Å². The molecule has 90 valence electrons. The molecule has 0 aliphatic rings. The molecule has 0 spiro atoms. The maximum atomic E-state index is 13.1. The van der Waals surface area contributed by atoms with E-state index in [-0.39, 0.29) is 6.04 Å². The second-order valence-electron chi connectivity index (χ2n) is 4.29. The molecule has 0 bridgehead atoms. The van der Waals surface area contributed by atoms with E-state index in [1.807, 2.05) is 7.05 Å². The summed E-state index contributed by atoms with van der Waals surface area (Å²) < 4.78 is 26.2. The molecular weight excluding hydrogens is 208 g/mol. The summed E-state index contributed by atoms with van der Waals surface area (Å²) >= 11 is 0. The number of halogens is 2. The van der Waals surface area contributed by atoms with Crippen molar-refractivity contribution in [2.24, 2.45) is 5.92 Å². The van der Waals surface area contributed by atoms with E-state index in [4.69, 9.17) is 0 Å². The fraction of sp³-hybridized carbons (Fsp3) is 0.538. The predicted octanol–water partition coefficient (Wildman–Crippen LogP) is 3.66. The number of rotatable bonds is 5. The quantitative estimate of drug-likeness (QED) is 0.809. The van der Waals surface area contributed by atoms with Crippen LogP contribution in [0.15, 0.2) is 18.2 Å². The summed E-state index contributed by atoms with van der Waals surface area (Å²) in [5.41, 5.74) is 0.681. The summed E-state index contributed by atoms with van der Waals surface area (Å²) in [5.74, 6) is -0.498. The van der Waals surface area contributed by atoms with Gasteiger partial charge in [0.2, 0.25) is 0 Å². The summed E-state index contributed by atoms with van der Waals surface area (Å²) in [4.78, 5) is 0. The molecule has 0 saturated carbocycles. The van der Waals surface area contributed by atoms with Crippen LogP contribution in [0.1, 0.15) is 38.3 Å². The van der Waals surface area contributed by atoms with Gasteiger partial charge in [-0.25, -0.2) is 8.78 Å². The van der Waals surface area contributed by atoms with E-state index in [1.54, 1.807) is 0 Å². The minimum Gasteiger partial charge on any atom is -0.313 e. The van der Waals surface area contributed by atoms with Gasteiger partial charge in [-0.15, -0.1) is 0 Å². The summed E-state index contributed by atoms with van der Waals surface area (Å²) in [7, 11) is 1.82. The van der Waals surface area contributed by atoms with Crippen molar-refractivity contribution in [3.05, 3.63) is 35.4 Å². The van der Waals surface area contributed by atoms with Crippen LogP contribution in [0.3, 0.4) is 0 Å². The molecule has 0 radical (unpaired) electrons. The first kappa shape index (κ1) is 13.1. The van der Waals surface area contributed by atoms with E-state index >= 15 is 0 Å². The molecule has 0 heterocycles. The van der Waals surface area contributed by atoms with E-state index in [2.05, 4.69) is 19.2 Å². The second-order valence-corrected chi connectivity index (χ2v) is 4.29. The van der Waals surface area contributed by atoms with E-state index in [9.17, 15) is 8.78 Å². The number of nitrogens with one attached hydrogen (secondary N) is 1. The molecular formula is C13H19F2N. The molecule has 1 aromatic rings. The zero-order valence-electron chi connectivity index (χ0n) is 10.1. The lowest BCUT2D eigenvalue weighted by atomic mass is 9.94. The van der Waals surface area contributed by atoms with Crippen LogP contribution in [0.25, 0.3) is 0 Å². The maximum absolute atomic E-state index is 13.1. The van der Waals surface area contributed by atoms with Crippen molar-refractivity contribution < 1.29 is 8.78 Å². The first-order valence-electron chi connectivity index (χ1n) is 5.70. The molecule has 2 atom stereocenters. The first-order chi connectivity index (χ1) is 7.56. The Morgan fingerprint density at radius 2 is 1.75 bits per heavy atom. The largest absolute Gasteiger partial charge is 0.313 e.